The van der Waals surface area contributed by atoms with E-state index in [1.807, 2.05) is 28.9 Å². The SMILES string of the molecule is CCCOc1ccc([C@H]2SCC(=O)Nc3c2c(=O)[nH]n3[C@H]2CCOC(C)(C)C2)cc1. The van der Waals surface area contributed by atoms with Crippen LogP contribution in [0.1, 0.15) is 62.5 Å². The number of hydrogen-bond donors (Lipinski definition) is 2. The normalized spacial score (nSPS) is 23.4. The summed E-state index contributed by atoms with van der Waals surface area (Å²) < 4.78 is 13.4. The van der Waals surface area contributed by atoms with E-state index in [9.17, 15) is 9.59 Å². The van der Waals surface area contributed by atoms with Crippen LogP contribution in [0.25, 0.3) is 0 Å². The first-order valence-corrected chi connectivity index (χ1v) is 11.6. The molecule has 7 nitrogen and oxygen atoms in total. The number of ether oxygens (including phenoxy) is 2. The van der Waals surface area contributed by atoms with E-state index < -0.39 is 0 Å². The summed E-state index contributed by atoms with van der Waals surface area (Å²) in [6, 6.07) is 7.89. The van der Waals surface area contributed by atoms with Gasteiger partial charge in [0, 0.05) is 6.61 Å². The van der Waals surface area contributed by atoms with Crippen LogP contribution in [-0.4, -0.2) is 40.3 Å². The number of nitrogens with one attached hydrogen (secondary N) is 2. The highest BCUT2D eigenvalue weighted by Gasteiger charge is 2.35. The van der Waals surface area contributed by atoms with Gasteiger partial charge in [-0.3, -0.25) is 19.4 Å². The van der Waals surface area contributed by atoms with Crippen LogP contribution in [0.4, 0.5) is 5.82 Å². The minimum Gasteiger partial charge on any atom is -0.494 e. The average Bonchev–Trinajstić information content (AvgIpc) is 2.91. The van der Waals surface area contributed by atoms with E-state index >= 15 is 0 Å². The van der Waals surface area contributed by atoms with Gasteiger partial charge in [-0.05, 0) is 50.8 Å². The lowest BCUT2D eigenvalue weighted by Gasteiger charge is -2.36. The van der Waals surface area contributed by atoms with E-state index in [4.69, 9.17) is 9.47 Å². The number of amides is 1. The van der Waals surface area contributed by atoms with Crippen molar-refractivity contribution in [2.45, 2.75) is 56.9 Å². The second-order valence-electron chi connectivity index (χ2n) is 8.48. The Morgan fingerprint density at radius 2 is 2.03 bits per heavy atom. The highest BCUT2D eigenvalue weighted by molar-refractivity contribution is 8.00. The second kappa shape index (κ2) is 8.51. The Hall–Kier alpha value is -2.19. The van der Waals surface area contributed by atoms with Crippen molar-refractivity contribution in [1.29, 1.82) is 0 Å². The summed E-state index contributed by atoms with van der Waals surface area (Å²) in [5.41, 5.74) is 1.17. The Morgan fingerprint density at radius 3 is 2.73 bits per heavy atom. The smallest absolute Gasteiger partial charge is 0.270 e. The molecule has 4 rings (SSSR count). The van der Waals surface area contributed by atoms with Gasteiger partial charge in [0.25, 0.3) is 5.56 Å². The Balaban J connectivity index is 1.70. The highest BCUT2D eigenvalue weighted by Crippen LogP contribution is 2.42. The van der Waals surface area contributed by atoms with Crippen molar-refractivity contribution in [2.24, 2.45) is 0 Å². The lowest BCUT2D eigenvalue weighted by molar-refractivity contribution is -0.113. The maximum atomic E-state index is 13.0. The van der Waals surface area contributed by atoms with Gasteiger partial charge in [0.2, 0.25) is 5.91 Å². The second-order valence-corrected chi connectivity index (χ2v) is 9.58. The number of carbonyl (C=O) groups is 1. The number of aromatic amines is 1. The molecule has 2 aliphatic heterocycles. The Bertz CT molecular complexity index is 964. The van der Waals surface area contributed by atoms with Gasteiger partial charge in [-0.15, -0.1) is 11.8 Å². The highest BCUT2D eigenvalue weighted by atomic mass is 32.2. The fourth-order valence-electron chi connectivity index (χ4n) is 4.16. The number of thioether (sulfide) groups is 1. The molecule has 2 atom stereocenters. The lowest BCUT2D eigenvalue weighted by atomic mass is 9.94. The van der Waals surface area contributed by atoms with Crippen molar-refractivity contribution < 1.29 is 14.3 Å². The monoisotopic (exact) mass is 431 g/mol. The number of aromatic nitrogens is 2. The van der Waals surface area contributed by atoms with Crippen LogP contribution in [0.2, 0.25) is 0 Å². The molecule has 1 saturated heterocycles. The van der Waals surface area contributed by atoms with Crippen LogP contribution in [0.5, 0.6) is 5.75 Å². The first-order valence-electron chi connectivity index (χ1n) is 10.5. The van der Waals surface area contributed by atoms with E-state index in [2.05, 4.69) is 31.2 Å². The number of carbonyl (C=O) groups excluding carboxylic acids is 1. The van der Waals surface area contributed by atoms with Gasteiger partial charge in [-0.25, -0.2) is 0 Å². The van der Waals surface area contributed by atoms with E-state index in [0.29, 0.717) is 30.3 Å². The molecule has 1 aromatic carbocycles. The predicted molar refractivity (Wildman–Crippen MR) is 119 cm³/mol. The third-order valence-electron chi connectivity index (χ3n) is 5.56. The third kappa shape index (κ3) is 4.30. The quantitative estimate of drug-likeness (QED) is 0.751. The molecule has 1 amide bonds. The predicted octanol–water partition coefficient (Wildman–Crippen LogP) is 3.87. The maximum absolute atomic E-state index is 13.0. The molecular weight excluding hydrogens is 402 g/mol. The van der Waals surface area contributed by atoms with Gasteiger partial charge in [-0.1, -0.05) is 19.1 Å². The van der Waals surface area contributed by atoms with Gasteiger partial charge in [0.15, 0.2) is 0 Å². The number of rotatable bonds is 5. The molecule has 1 fully saturated rings. The summed E-state index contributed by atoms with van der Waals surface area (Å²) in [6.07, 6.45) is 2.50. The van der Waals surface area contributed by atoms with Crippen molar-refractivity contribution in [3.63, 3.8) is 0 Å². The van der Waals surface area contributed by atoms with Gasteiger partial charge in [0.05, 0.1) is 34.8 Å². The van der Waals surface area contributed by atoms with Crippen LogP contribution in [-0.2, 0) is 9.53 Å². The molecule has 2 aliphatic rings. The molecule has 0 saturated carbocycles. The van der Waals surface area contributed by atoms with E-state index in [1.54, 1.807) is 0 Å². The number of H-pyrrole nitrogens is 1. The van der Waals surface area contributed by atoms with Crippen LogP contribution in [0.3, 0.4) is 0 Å². The van der Waals surface area contributed by atoms with E-state index in [1.165, 1.54) is 11.8 Å². The molecule has 0 radical (unpaired) electrons. The largest absolute Gasteiger partial charge is 0.494 e. The topological polar surface area (TPSA) is 85.4 Å². The molecule has 0 bridgehead atoms. The molecule has 3 heterocycles. The Morgan fingerprint density at radius 1 is 1.27 bits per heavy atom. The third-order valence-corrected chi connectivity index (χ3v) is 6.83. The molecular formula is C22H29N3O4S. The Labute approximate surface area is 180 Å². The minimum atomic E-state index is -0.270. The van der Waals surface area contributed by atoms with E-state index in [0.717, 1.165) is 30.6 Å². The summed E-state index contributed by atoms with van der Waals surface area (Å²) in [6.45, 7) is 7.47. The summed E-state index contributed by atoms with van der Waals surface area (Å²) in [5.74, 6) is 1.61. The van der Waals surface area contributed by atoms with Gasteiger partial charge in [0.1, 0.15) is 11.6 Å². The Kier molecular flexibility index (Phi) is 5.97. The van der Waals surface area contributed by atoms with Crippen LogP contribution >= 0.6 is 11.8 Å². The number of anilines is 1. The summed E-state index contributed by atoms with van der Waals surface area (Å²) in [4.78, 5) is 25.5. The van der Waals surface area contributed by atoms with Gasteiger partial charge in [-0.2, -0.15) is 0 Å². The molecule has 2 aromatic rings. The van der Waals surface area contributed by atoms with Crippen molar-refractivity contribution in [1.82, 2.24) is 9.78 Å². The molecule has 8 heteroatoms. The number of nitrogens with zero attached hydrogens (tertiary/aromatic N) is 1. The lowest BCUT2D eigenvalue weighted by Crippen LogP contribution is -2.36. The first kappa shape index (κ1) is 21.1. The van der Waals surface area contributed by atoms with Gasteiger partial charge >= 0.3 is 0 Å². The first-order chi connectivity index (χ1) is 14.4. The molecule has 0 spiro atoms. The summed E-state index contributed by atoms with van der Waals surface area (Å²) >= 11 is 1.47. The number of hydrogen-bond acceptors (Lipinski definition) is 5. The van der Waals surface area contributed by atoms with Crippen molar-refractivity contribution in [3.8, 4) is 5.75 Å². The molecule has 30 heavy (non-hydrogen) atoms. The zero-order valence-corrected chi connectivity index (χ0v) is 18.5. The summed E-state index contributed by atoms with van der Waals surface area (Å²) in [7, 11) is 0. The van der Waals surface area contributed by atoms with E-state index in [-0.39, 0.29) is 28.4 Å². The van der Waals surface area contributed by atoms with Crippen molar-refractivity contribution in [2.75, 3.05) is 24.3 Å². The molecule has 0 aliphatic carbocycles. The fourth-order valence-corrected chi connectivity index (χ4v) is 5.28. The van der Waals surface area contributed by atoms with Crippen LogP contribution in [0.15, 0.2) is 29.1 Å². The maximum Gasteiger partial charge on any atom is 0.270 e. The zero-order chi connectivity index (χ0) is 21.3. The van der Waals surface area contributed by atoms with Gasteiger partial charge < -0.3 is 14.8 Å². The standard InChI is InChI=1S/C22H29N3O4S/c1-4-10-28-16-7-5-14(6-8-16)19-18-20(23-17(26)13-30-19)25(24-21(18)27)15-9-11-29-22(2,3)12-15/h5-8,15,19H,4,9-13H2,1-3H3,(H,23,26)(H,24,27)/t15-,19+/m0/s1. The average molecular weight is 432 g/mol. The van der Waals surface area contributed by atoms with Crippen LogP contribution in [0, 0.1) is 0 Å². The molecule has 1 aromatic heterocycles. The number of fused-ring (bicyclic) bond motifs is 1. The van der Waals surface area contributed by atoms with Crippen molar-refractivity contribution in [3.05, 3.63) is 45.7 Å². The summed E-state index contributed by atoms with van der Waals surface area (Å²) in [5, 5.41) is 5.76. The number of benzene rings is 1. The fraction of sp³-hybridized carbons (Fsp3) is 0.545. The molecule has 162 valence electrons. The zero-order valence-electron chi connectivity index (χ0n) is 17.7. The minimum absolute atomic E-state index is 0.0686. The van der Waals surface area contributed by atoms with Crippen LogP contribution < -0.4 is 15.6 Å². The van der Waals surface area contributed by atoms with Crippen molar-refractivity contribution >= 4 is 23.5 Å². The molecule has 2 N–H and O–H groups in total. The molecule has 0 unspecified atom stereocenters.